The lowest BCUT2D eigenvalue weighted by atomic mass is 9.81. The maximum atomic E-state index is 10.1. The van der Waals surface area contributed by atoms with Gasteiger partial charge in [-0.2, -0.15) is 0 Å². The lowest BCUT2D eigenvalue weighted by Gasteiger charge is -2.30. The molecule has 4 heteroatoms. The van der Waals surface area contributed by atoms with E-state index < -0.39 is 5.41 Å². The molecule has 0 bridgehead atoms. The van der Waals surface area contributed by atoms with Gasteiger partial charge in [0.25, 0.3) is 0 Å². The smallest absolute Gasteiger partial charge is 0.123 e. The SMILES string of the molecule is CCc1cccc([C@H](N)C(C)(C)CO)c1O.Cl. The third-order valence-corrected chi connectivity index (χ3v) is 3.12. The number of aromatic hydroxyl groups is 1. The zero-order valence-corrected chi connectivity index (χ0v) is 11.4. The Balaban J connectivity index is 0.00000256. The fourth-order valence-corrected chi connectivity index (χ4v) is 1.67. The van der Waals surface area contributed by atoms with Crippen LogP contribution in [0.15, 0.2) is 18.2 Å². The summed E-state index contributed by atoms with van der Waals surface area (Å²) in [6.07, 6.45) is 0.770. The molecule has 1 aromatic carbocycles. The molecule has 0 heterocycles. The van der Waals surface area contributed by atoms with Crippen LogP contribution in [-0.2, 0) is 6.42 Å². The van der Waals surface area contributed by atoms with Crippen molar-refractivity contribution in [2.75, 3.05) is 6.61 Å². The van der Waals surface area contributed by atoms with Gasteiger partial charge in [-0.05, 0) is 12.0 Å². The number of hydrogen-bond acceptors (Lipinski definition) is 3. The maximum Gasteiger partial charge on any atom is 0.123 e. The monoisotopic (exact) mass is 259 g/mol. The largest absolute Gasteiger partial charge is 0.507 e. The van der Waals surface area contributed by atoms with Crippen molar-refractivity contribution in [2.24, 2.45) is 11.1 Å². The van der Waals surface area contributed by atoms with Crippen LogP contribution < -0.4 is 5.73 Å². The Labute approximate surface area is 109 Å². The molecule has 0 spiro atoms. The normalized spacial score (nSPS) is 13.0. The summed E-state index contributed by atoms with van der Waals surface area (Å²) in [6, 6.07) is 5.22. The van der Waals surface area contributed by atoms with Crippen molar-refractivity contribution in [2.45, 2.75) is 33.2 Å². The number of benzene rings is 1. The van der Waals surface area contributed by atoms with E-state index in [9.17, 15) is 10.2 Å². The van der Waals surface area contributed by atoms with Gasteiger partial charge in [0.2, 0.25) is 0 Å². The van der Waals surface area contributed by atoms with Crippen LogP contribution in [0.3, 0.4) is 0 Å². The highest BCUT2D eigenvalue weighted by Crippen LogP contribution is 2.36. The Kier molecular flexibility index (Phi) is 5.96. The van der Waals surface area contributed by atoms with Gasteiger partial charge in [0, 0.05) is 23.6 Å². The van der Waals surface area contributed by atoms with Gasteiger partial charge in [-0.3, -0.25) is 0 Å². The van der Waals surface area contributed by atoms with Crippen molar-refractivity contribution in [3.63, 3.8) is 0 Å². The summed E-state index contributed by atoms with van der Waals surface area (Å²) in [6.45, 7) is 5.75. The summed E-state index contributed by atoms with van der Waals surface area (Å²) in [5.41, 5.74) is 7.24. The zero-order valence-electron chi connectivity index (χ0n) is 10.6. The third-order valence-electron chi connectivity index (χ3n) is 3.12. The molecule has 3 nitrogen and oxygen atoms in total. The van der Waals surface area contributed by atoms with Crippen LogP contribution in [-0.4, -0.2) is 16.8 Å². The fourth-order valence-electron chi connectivity index (χ4n) is 1.67. The molecule has 0 aromatic heterocycles. The number of rotatable bonds is 4. The Morgan fingerprint density at radius 2 is 1.94 bits per heavy atom. The minimum absolute atomic E-state index is 0. The van der Waals surface area contributed by atoms with Crippen LogP contribution in [0, 0.1) is 5.41 Å². The molecule has 0 saturated heterocycles. The second-order valence-corrected chi connectivity index (χ2v) is 4.83. The molecule has 0 unspecified atom stereocenters. The van der Waals surface area contributed by atoms with Crippen LogP contribution in [0.2, 0.25) is 0 Å². The van der Waals surface area contributed by atoms with Crippen LogP contribution in [0.4, 0.5) is 0 Å². The van der Waals surface area contributed by atoms with Crippen LogP contribution >= 0.6 is 12.4 Å². The second-order valence-electron chi connectivity index (χ2n) is 4.83. The summed E-state index contributed by atoms with van der Waals surface area (Å²) in [7, 11) is 0. The first-order valence-corrected chi connectivity index (χ1v) is 5.61. The van der Waals surface area contributed by atoms with Crippen LogP contribution in [0.1, 0.15) is 37.9 Å². The second kappa shape index (κ2) is 6.24. The third kappa shape index (κ3) is 3.35. The highest BCUT2D eigenvalue weighted by Gasteiger charge is 2.29. The minimum Gasteiger partial charge on any atom is -0.507 e. The van der Waals surface area contributed by atoms with Gasteiger partial charge in [0.05, 0.1) is 0 Å². The zero-order chi connectivity index (χ0) is 12.3. The molecule has 17 heavy (non-hydrogen) atoms. The Bertz CT molecular complexity index is 366. The average molecular weight is 260 g/mol. The summed E-state index contributed by atoms with van der Waals surface area (Å²) in [5.74, 6) is 0.263. The predicted molar refractivity (Wildman–Crippen MR) is 72.5 cm³/mol. The summed E-state index contributed by atoms with van der Waals surface area (Å²) < 4.78 is 0. The minimum atomic E-state index is -0.441. The summed E-state index contributed by atoms with van der Waals surface area (Å²) in [4.78, 5) is 0. The molecule has 1 rings (SSSR count). The first-order chi connectivity index (χ1) is 7.44. The summed E-state index contributed by atoms with van der Waals surface area (Å²) >= 11 is 0. The van der Waals surface area contributed by atoms with Crippen molar-refractivity contribution in [3.05, 3.63) is 29.3 Å². The lowest BCUT2D eigenvalue weighted by Crippen LogP contribution is -2.32. The molecule has 98 valence electrons. The molecule has 0 amide bonds. The predicted octanol–water partition coefficient (Wildman–Crippen LogP) is 2.39. The number of aryl methyl sites for hydroxylation is 1. The first kappa shape index (κ1) is 16.2. The molecular formula is C13H22ClNO2. The number of phenolic OH excluding ortho intramolecular Hbond substituents is 1. The number of phenols is 1. The van der Waals surface area contributed by atoms with Gasteiger partial charge in [0.15, 0.2) is 0 Å². The number of hydrogen-bond donors (Lipinski definition) is 3. The molecule has 0 fully saturated rings. The van der Waals surface area contributed by atoms with Gasteiger partial charge in [-0.1, -0.05) is 39.0 Å². The van der Waals surface area contributed by atoms with E-state index in [1.165, 1.54) is 0 Å². The molecule has 0 aliphatic carbocycles. The number of aliphatic hydroxyl groups is 1. The number of halogens is 1. The quantitative estimate of drug-likeness (QED) is 0.778. The van der Waals surface area contributed by atoms with Crippen LogP contribution in [0.5, 0.6) is 5.75 Å². The maximum absolute atomic E-state index is 10.1. The highest BCUT2D eigenvalue weighted by atomic mass is 35.5. The lowest BCUT2D eigenvalue weighted by molar-refractivity contribution is 0.131. The first-order valence-electron chi connectivity index (χ1n) is 5.61. The number of aliphatic hydroxyl groups excluding tert-OH is 1. The average Bonchev–Trinajstić information content (AvgIpc) is 2.28. The van der Waals surface area contributed by atoms with Crippen LogP contribution in [0.25, 0.3) is 0 Å². The van der Waals surface area contributed by atoms with Crippen molar-refractivity contribution < 1.29 is 10.2 Å². The van der Waals surface area contributed by atoms with E-state index >= 15 is 0 Å². The summed E-state index contributed by atoms with van der Waals surface area (Å²) in [5, 5.41) is 19.3. The molecule has 0 aliphatic rings. The molecular weight excluding hydrogens is 238 g/mol. The Hall–Kier alpha value is -0.770. The molecule has 1 atom stereocenters. The van der Waals surface area contributed by atoms with Gasteiger partial charge in [0.1, 0.15) is 5.75 Å². The number of para-hydroxylation sites is 1. The van der Waals surface area contributed by atoms with E-state index in [2.05, 4.69) is 0 Å². The standard InChI is InChI=1S/C13H21NO2.ClH/c1-4-9-6-5-7-10(11(9)16)12(14)13(2,3)8-15;/h5-7,12,15-16H,4,8,14H2,1-3H3;1H/t12-;/m0./s1. The highest BCUT2D eigenvalue weighted by molar-refractivity contribution is 5.85. The van der Waals surface area contributed by atoms with E-state index in [0.29, 0.717) is 5.56 Å². The van der Waals surface area contributed by atoms with E-state index in [0.717, 1.165) is 12.0 Å². The van der Waals surface area contributed by atoms with Crippen molar-refractivity contribution >= 4 is 12.4 Å². The van der Waals surface area contributed by atoms with E-state index in [-0.39, 0.29) is 30.8 Å². The van der Waals surface area contributed by atoms with Gasteiger partial charge in [-0.25, -0.2) is 0 Å². The molecule has 0 radical (unpaired) electrons. The van der Waals surface area contributed by atoms with Crippen molar-refractivity contribution in [1.29, 1.82) is 0 Å². The topological polar surface area (TPSA) is 66.5 Å². The van der Waals surface area contributed by atoms with Gasteiger partial charge >= 0.3 is 0 Å². The molecule has 0 saturated carbocycles. The van der Waals surface area contributed by atoms with E-state index in [1.807, 2.05) is 39.0 Å². The molecule has 0 aliphatic heterocycles. The van der Waals surface area contributed by atoms with E-state index in [4.69, 9.17) is 5.73 Å². The number of nitrogens with two attached hydrogens (primary N) is 1. The van der Waals surface area contributed by atoms with Gasteiger partial charge in [-0.15, -0.1) is 12.4 Å². The van der Waals surface area contributed by atoms with E-state index in [1.54, 1.807) is 0 Å². The molecule has 4 N–H and O–H groups in total. The Morgan fingerprint density at radius 3 is 2.41 bits per heavy atom. The van der Waals surface area contributed by atoms with Crippen molar-refractivity contribution in [3.8, 4) is 5.75 Å². The Morgan fingerprint density at radius 1 is 1.35 bits per heavy atom. The molecule has 1 aromatic rings. The van der Waals surface area contributed by atoms with Gasteiger partial charge < -0.3 is 15.9 Å². The fraction of sp³-hybridized carbons (Fsp3) is 0.538. The van der Waals surface area contributed by atoms with Crippen molar-refractivity contribution in [1.82, 2.24) is 0 Å².